The molecule has 2 rings (SSSR count). The molecule has 1 heterocycles. The lowest BCUT2D eigenvalue weighted by Crippen LogP contribution is -2.43. The zero-order valence-corrected chi connectivity index (χ0v) is 7.69. The molecule has 76 valence electrons. The van der Waals surface area contributed by atoms with Gasteiger partial charge in [0.1, 0.15) is 11.6 Å². The first kappa shape index (κ1) is 9.55. The summed E-state index contributed by atoms with van der Waals surface area (Å²) >= 11 is 0. The highest BCUT2D eigenvalue weighted by molar-refractivity contribution is 5.24. The normalized spacial score (nSPS) is 22.3. The summed E-state index contributed by atoms with van der Waals surface area (Å²) in [6, 6.07) is 3.69. The van der Waals surface area contributed by atoms with E-state index in [0.717, 1.165) is 13.1 Å². The molecular weight excluding hydrogens is 186 g/mol. The van der Waals surface area contributed by atoms with Gasteiger partial charge in [0.2, 0.25) is 0 Å². The van der Waals surface area contributed by atoms with Gasteiger partial charge in [-0.2, -0.15) is 0 Å². The first-order valence-corrected chi connectivity index (χ1v) is 4.67. The van der Waals surface area contributed by atoms with Crippen molar-refractivity contribution in [3.05, 3.63) is 35.4 Å². The van der Waals surface area contributed by atoms with E-state index in [4.69, 9.17) is 0 Å². The third-order valence-corrected chi connectivity index (χ3v) is 2.39. The monoisotopic (exact) mass is 198 g/mol. The van der Waals surface area contributed by atoms with E-state index in [-0.39, 0.29) is 11.6 Å². The molecule has 4 heteroatoms. The van der Waals surface area contributed by atoms with Gasteiger partial charge in [-0.25, -0.2) is 8.78 Å². The van der Waals surface area contributed by atoms with Crippen LogP contribution in [0.15, 0.2) is 18.2 Å². The maximum Gasteiger partial charge on any atom is 0.130 e. The predicted octanol–water partition coefficient (Wildman–Crippen LogP) is 1.20. The van der Waals surface area contributed by atoms with Crippen molar-refractivity contribution in [2.24, 2.45) is 0 Å². The van der Waals surface area contributed by atoms with E-state index in [9.17, 15) is 8.78 Å². The number of nitrogens with one attached hydrogen (secondary N) is 2. The van der Waals surface area contributed by atoms with Gasteiger partial charge in [0.05, 0.1) is 6.04 Å². The molecule has 0 radical (unpaired) electrons. The summed E-state index contributed by atoms with van der Waals surface area (Å²) in [6.45, 7) is 2.14. The molecule has 1 saturated heterocycles. The number of rotatable bonds is 1. The van der Waals surface area contributed by atoms with Crippen LogP contribution in [-0.4, -0.2) is 19.6 Å². The number of halogens is 2. The minimum absolute atomic E-state index is 0.139. The molecule has 0 spiro atoms. The second kappa shape index (κ2) is 4.02. The Morgan fingerprint density at radius 1 is 1.14 bits per heavy atom. The highest BCUT2D eigenvalue weighted by atomic mass is 19.1. The molecule has 1 fully saturated rings. The summed E-state index contributed by atoms with van der Waals surface area (Å²) in [6.07, 6.45) is 0. The molecule has 0 aromatic heterocycles. The molecule has 0 aliphatic carbocycles. The molecule has 1 aromatic rings. The summed E-state index contributed by atoms with van der Waals surface area (Å²) in [7, 11) is 0. The quantitative estimate of drug-likeness (QED) is 0.708. The molecule has 1 aliphatic heterocycles. The van der Waals surface area contributed by atoms with Crippen LogP contribution < -0.4 is 10.6 Å². The van der Waals surface area contributed by atoms with Crippen molar-refractivity contribution in [2.45, 2.75) is 6.04 Å². The first-order valence-electron chi connectivity index (χ1n) is 4.67. The van der Waals surface area contributed by atoms with Gasteiger partial charge in [-0.05, 0) is 12.1 Å². The standard InChI is InChI=1S/C10H12F2N2/c11-7-2-1-3-8(12)10(7)9-6-13-4-5-14-9/h1-3,9,13-14H,4-6H2. The van der Waals surface area contributed by atoms with E-state index in [0.29, 0.717) is 6.54 Å². The minimum atomic E-state index is -0.480. The molecule has 0 amide bonds. The Bertz CT molecular complexity index is 302. The van der Waals surface area contributed by atoms with Gasteiger partial charge in [0.15, 0.2) is 0 Å². The van der Waals surface area contributed by atoms with Crippen molar-refractivity contribution >= 4 is 0 Å². The van der Waals surface area contributed by atoms with Crippen molar-refractivity contribution in [2.75, 3.05) is 19.6 Å². The van der Waals surface area contributed by atoms with Gasteiger partial charge < -0.3 is 10.6 Å². The van der Waals surface area contributed by atoms with E-state index >= 15 is 0 Å². The fourth-order valence-corrected chi connectivity index (χ4v) is 1.70. The average molecular weight is 198 g/mol. The van der Waals surface area contributed by atoms with Gasteiger partial charge in [-0.3, -0.25) is 0 Å². The minimum Gasteiger partial charge on any atom is -0.314 e. The van der Waals surface area contributed by atoms with Crippen LogP contribution in [0.1, 0.15) is 11.6 Å². The van der Waals surface area contributed by atoms with Gasteiger partial charge in [0, 0.05) is 25.2 Å². The van der Waals surface area contributed by atoms with E-state index < -0.39 is 11.6 Å². The lowest BCUT2D eigenvalue weighted by Gasteiger charge is -2.25. The van der Waals surface area contributed by atoms with Crippen molar-refractivity contribution in [1.82, 2.24) is 10.6 Å². The van der Waals surface area contributed by atoms with Gasteiger partial charge in [-0.1, -0.05) is 6.07 Å². The Hall–Kier alpha value is -1.00. The van der Waals surface area contributed by atoms with Crippen molar-refractivity contribution in [3.63, 3.8) is 0 Å². The molecule has 1 aromatic carbocycles. The van der Waals surface area contributed by atoms with Crippen LogP contribution in [0.5, 0.6) is 0 Å². The second-order valence-electron chi connectivity index (χ2n) is 3.35. The molecule has 1 aliphatic rings. The van der Waals surface area contributed by atoms with E-state index in [1.165, 1.54) is 18.2 Å². The van der Waals surface area contributed by atoms with Gasteiger partial charge in [0.25, 0.3) is 0 Å². The molecular formula is C10H12F2N2. The second-order valence-corrected chi connectivity index (χ2v) is 3.35. The topological polar surface area (TPSA) is 24.1 Å². The molecule has 2 nitrogen and oxygen atoms in total. The Morgan fingerprint density at radius 3 is 2.43 bits per heavy atom. The third kappa shape index (κ3) is 1.76. The molecule has 0 bridgehead atoms. The summed E-state index contributed by atoms with van der Waals surface area (Å²) in [5.74, 6) is -0.961. The first-order chi connectivity index (χ1) is 6.79. The Balaban J connectivity index is 2.29. The maximum absolute atomic E-state index is 13.3. The number of hydrogen-bond donors (Lipinski definition) is 2. The number of hydrogen-bond acceptors (Lipinski definition) is 2. The SMILES string of the molecule is Fc1cccc(F)c1C1CNCCN1. The summed E-state index contributed by atoms with van der Waals surface area (Å²) < 4.78 is 26.7. The maximum atomic E-state index is 13.3. The fraction of sp³-hybridized carbons (Fsp3) is 0.400. The molecule has 1 atom stereocenters. The predicted molar refractivity (Wildman–Crippen MR) is 50.0 cm³/mol. The van der Waals surface area contributed by atoms with Gasteiger partial charge >= 0.3 is 0 Å². The molecule has 0 saturated carbocycles. The Labute approximate surface area is 81.3 Å². The van der Waals surface area contributed by atoms with Crippen molar-refractivity contribution in [1.29, 1.82) is 0 Å². The van der Waals surface area contributed by atoms with E-state index in [2.05, 4.69) is 10.6 Å². The lowest BCUT2D eigenvalue weighted by molar-refractivity contribution is 0.401. The van der Waals surface area contributed by atoms with Crippen LogP contribution in [-0.2, 0) is 0 Å². The third-order valence-electron chi connectivity index (χ3n) is 2.39. The van der Waals surface area contributed by atoms with Crippen molar-refractivity contribution < 1.29 is 8.78 Å². The lowest BCUT2D eigenvalue weighted by atomic mass is 10.0. The Morgan fingerprint density at radius 2 is 1.86 bits per heavy atom. The van der Waals surface area contributed by atoms with Crippen LogP contribution in [0.3, 0.4) is 0 Å². The van der Waals surface area contributed by atoms with E-state index in [1.54, 1.807) is 0 Å². The largest absolute Gasteiger partial charge is 0.314 e. The van der Waals surface area contributed by atoms with Crippen molar-refractivity contribution in [3.8, 4) is 0 Å². The number of benzene rings is 1. The number of piperazine rings is 1. The molecule has 2 N–H and O–H groups in total. The highest BCUT2D eigenvalue weighted by Gasteiger charge is 2.21. The average Bonchev–Trinajstić information content (AvgIpc) is 2.19. The van der Waals surface area contributed by atoms with Crippen LogP contribution >= 0.6 is 0 Å². The van der Waals surface area contributed by atoms with Crippen LogP contribution in [0, 0.1) is 11.6 Å². The molecule has 14 heavy (non-hydrogen) atoms. The zero-order chi connectivity index (χ0) is 9.97. The van der Waals surface area contributed by atoms with Crippen LogP contribution in [0.2, 0.25) is 0 Å². The van der Waals surface area contributed by atoms with E-state index in [1.807, 2.05) is 0 Å². The van der Waals surface area contributed by atoms with Crippen LogP contribution in [0.4, 0.5) is 8.78 Å². The molecule has 1 unspecified atom stereocenters. The summed E-state index contributed by atoms with van der Waals surface area (Å²) in [4.78, 5) is 0. The zero-order valence-electron chi connectivity index (χ0n) is 7.69. The van der Waals surface area contributed by atoms with Crippen LogP contribution in [0.25, 0.3) is 0 Å². The Kier molecular flexibility index (Phi) is 2.74. The summed E-state index contributed by atoms with van der Waals surface area (Å²) in [5, 5.41) is 6.17. The fourth-order valence-electron chi connectivity index (χ4n) is 1.70. The highest BCUT2D eigenvalue weighted by Crippen LogP contribution is 2.20. The summed E-state index contributed by atoms with van der Waals surface area (Å²) in [5.41, 5.74) is 0.139. The van der Waals surface area contributed by atoms with Gasteiger partial charge in [-0.15, -0.1) is 0 Å². The smallest absolute Gasteiger partial charge is 0.130 e.